The topological polar surface area (TPSA) is 30.2 Å². The highest BCUT2D eigenvalue weighted by Crippen LogP contribution is 2.22. The predicted octanol–water partition coefficient (Wildman–Crippen LogP) is 3.72. The fraction of sp³-hybridized carbons (Fsp3) is 0.0833. The van der Waals surface area contributed by atoms with Crippen LogP contribution >= 0.6 is 15.9 Å². The number of furan rings is 1. The molecule has 0 bridgehead atoms. The molecule has 2 nitrogen and oxygen atoms in total. The molecule has 2 aromatic rings. The van der Waals surface area contributed by atoms with Gasteiger partial charge in [0.05, 0.1) is 16.3 Å². The highest BCUT2D eigenvalue weighted by atomic mass is 79.9. The Morgan fingerprint density at radius 1 is 1.38 bits per heavy atom. The molecule has 0 saturated carbocycles. The second-order valence-corrected chi connectivity index (χ2v) is 4.22. The second kappa shape index (κ2) is 4.22. The normalized spacial score (nSPS) is 10.4. The molecule has 0 aliphatic carbocycles. The lowest BCUT2D eigenvalue weighted by molar-refractivity contribution is 0.100. The van der Waals surface area contributed by atoms with Gasteiger partial charge < -0.3 is 4.42 Å². The van der Waals surface area contributed by atoms with Gasteiger partial charge in [-0.25, -0.2) is 4.39 Å². The van der Waals surface area contributed by atoms with Crippen LogP contribution in [0.4, 0.5) is 4.39 Å². The summed E-state index contributed by atoms with van der Waals surface area (Å²) in [6.45, 7) is 1.74. The molecule has 0 N–H and O–H groups in total. The number of carbonyl (C=O) groups excluding carboxylic acids is 1. The Morgan fingerprint density at radius 2 is 2.12 bits per heavy atom. The standard InChI is InChI=1S/C12H8BrFO2/c1-7-5-6-16-12(7)11(15)8-3-2-4-9(13)10(8)14/h2-6H,1H3. The van der Waals surface area contributed by atoms with Crippen LogP contribution in [0.25, 0.3) is 0 Å². The van der Waals surface area contributed by atoms with Crippen molar-refractivity contribution in [2.45, 2.75) is 6.92 Å². The Labute approximate surface area is 100 Å². The summed E-state index contributed by atoms with van der Waals surface area (Å²) >= 11 is 3.04. The highest BCUT2D eigenvalue weighted by Gasteiger charge is 2.19. The average Bonchev–Trinajstić information content (AvgIpc) is 2.68. The average molecular weight is 283 g/mol. The highest BCUT2D eigenvalue weighted by molar-refractivity contribution is 9.10. The van der Waals surface area contributed by atoms with Gasteiger partial charge in [0.15, 0.2) is 5.76 Å². The van der Waals surface area contributed by atoms with Gasteiger partial charge in [0.25, 0.3) is 0 Å². The SMILES string of the molecule is Cc1ccoc1C(=O)c1cccc(Br)c1F. The van der Waals surface area contributed by atoms with E-state index >= 15 is 0 Å². The van der Waals surface area contributed by atoms with Crippen molar-refractivity contribution in [1.82, 2.24) is 0 Å². The summed E-state index contributed by atoms with van der Waals surface area (Å²) in [6, 6.07) is 6.26. The minimum Gasteiger partial charge on any atom is -0.461 e. The molecule has 16 heavy (non-hydrogen) atoms. The molecule has 0 saturated heterocycles. The Morgan fingerprint density at radius 3 is 2.75 bits per heavy atom. The number of carbonyl (C=O) groups is 1. The maximum Gasteiger partial charge on any atom is 0.231 e. The zero-order valence-corrected chi connectivity index (χ0v) is 10.0. The molecule has 1 aromatic heterocycles. The van der Waals surface area contributed by atoms with Crippen LogP contribution in [-0.2, 0) is 0 Å². The summed E-state index contributed by atoms with van der Waals surface area (Å²) in [4.78, 5) is 11.9. The van der Waals surface area contributed by atoms with E-state index in [-0.39, 0.29) is 15.8 Å². The van der Waals surface area contributed by atoms with E-state index in [2.05, 4.69) is 15.9 Å². The Hall–Kier alpha value is -1.42. The number of halogens is 2. The Kier molecular flexibility index (Phi) is 2.92. The Bertz CT molecular complexity index is 546. The molecule has 1 aromatic carbocycles. The van der Waals surface area contributed by atoms with E-state index in [9.17, 15) is 9.18 Å². The summed E-state index contributed by atoms with van der Waals surface area (Å²) in [7, 11) is 0. The molecule has 1 heterocycles. The summed E-state index contributed by atoms with van der Waals surface area (Å²) in [5.41, 5.74) is 0.705. The number of benzene rings is 1. The molecule has 4 heteroatoms. The van der Waals surface area contributed by atoms with Crippen molar-refractivity contribution in [1.29, 1.82) is 0 Å². The first kappa shape index (κ1) is 11.1. The van der Waals surface area contributed by atoms with Gasteiger partial charge in [-0.2, -0.15) is 0 Å². The van der Waals surface area contributed by atoms with Crippen LogP contribution in [0.5, 0.6) is 0 Å². The largest absolute Gasteiger partial charge is 0.461 e. The molecule has 0 unspecified atom stereocenters. The molecule has 82 valence electrons. The lowest BCUT2D eigenvalue weighted by Gasteiger charge is -2.02. The van der Waals surface area contributed by atoms with Gasteiger partial charge in [-0.3, -0.25) is 4.79 Å². The monoisotopic (exact) mass is 282 g/mol. The number of aryl methyl sites for hydroxylation is 1. The third-order valence-corrected chi connectivity index (χ3v) is 2.88. The lowest BCUT2D eigenvalue weighted by atomic mass is 10.1. The van der Waals surface area contributed by atoms with Crippen LogP contribution in [0.2, 0.25) is 0 Å². The van der Waals surface area contributed by atoms with Gasteiger partial charge in [0, 0.05) is 0 Å². The van der Waals surface area contributed by atoms with E-state index in [1.165, 1.54) is 12.3 Å². The second-order valence-electron chi connectivity index (χ2n) is 3.36. The fourth-order valence-corrected chi connectivity index (χ4v) is 1.77. The van der Waals surface area contributed by atoms with Gasteiger partial charge in [0.1, 0.15) is 5.82 Å². The van der Waals surface area contributed by atoms with Crippen molar-refractivity contribution in [3.05, 3.63) is 57.7 Å². The lowest BCUT2D eigenvalue weighted by Crippen LogP contribution is -2.04. The summed E-state index contributed by atoms with van der Waals surface area (Å²) in [5.74, 6) is -0.832. The van der Waals surface area contributed by atoms with Crippen LogP contribution in [-0.4, -0.2) is 5.78 Å². The minimum atomic E-state index is -0.566. The molecule has 0 aliphatic rings. The van der Waals surface area contributed by atoms with E-state index in [0.29, 0.717) is 5.56 Å². The maximum absolute atomic E-state index is 13.7. The van der Waals surface area contributed by atoms with E-state index in [1.54, 1.807) is 25.1 Å². The van der Waals surface area contributed by atoms with Crippen molar-refractivity contribution in [3.63, 3.8) is 0 Å². The molecule has 0 amide bonds. The number of rotatable bonds is 2. The molecule has 0 aliphatic heterocycles. The number of ketones is 1. The molecule has 0 fully saturated rings. The smallest absolute Gasteiger partial charge is 0.231 e. The van der Waals surface area contributed by atoms with Crippen LogP contribution in [0.3, 0.4) is 0 Å². The molecular weight excluding hydrogens is 275 g/mol. The summed E-state index contributed by atoms with van der Waals surface area (Å²) in [5, 5.41) is 0. The van der Waals surface area contributed by atoms with E-state index in [4.69, 9.17) is 4.42 Å². The van der Waals surface area contributed by atoms with Gasteiger partial charge in [-0.05, 0) is 46.6 Å². The third kappa shape index (κ3) is 1.80. The van der Waals surface area contributed by atoms with Gasteiger partial charge in [-0.1, -0.05) is 6.07 Å². The molecule has 0 spiro atoms. The van der Waals surface area contributed by atoms with Gasteiger partial charge in [0.2, 0.25) is 5.78 Å². The van der Waals surface area contributed by atoms with E-state index < -0.39 is 11.6 Å². The van der Waals surface area contributed by atoms with E-state index in [0.717, 1.165) is 0 Å². The van der Waals surface area contributed by atoms with Crippen molar-refractivity contribution in [3.8, 4) is 0 Å². The quantitative estimate of drug-likeness (QED) is 0.786. The van der Waals surface area contributed by atoms with Crippen molar-refractivity contribution < 1.29 is 13.6 Å². The molecular formula is C12H8BrFO2. The van der Waals surface area contributed by atoms with Crippen LogP contribution in [0, 0.1) is 12.7 Å². The first-order valence-corrected chi connectivity index (χ1v) is 5.43. The number of hydrogen-bond donors (Lipinski definition) is 0. The summed E-state index contributed by atoms with van der Waals surface area (Å²) in [6.07, 6.45) is 1.42. The molecule has 0 radical (unpaired) electrons. The zero-order chi connectivity index (χ0) is 11.7. The minimum absolute atomic E-state index is 0.00688. The third-order valence-electron chi connectivity index (χ3n) is 2.26. The molecule has 0 atom stereocenters. The van der Waals surface area contributed by atoms with Crippen molar-refractivity contribution in [2.24, 2.45) is 0 Å². The predicted molar refractivity (Wildman–Crippen MR) is 61.0 cm³/mol. The summed E-state index contributed by atoms with van der Waals surface area (Å²) < 4.78 is 19.0. The van der Waals surface area contributed by atoms with Crippen LogP contribution < -0.4 is 0 Å². The van der Waals surface area contributed by atoms with Crippen molar-refractivity contribution >= 4 is 21.7 Å². The van der Waals surface area contributed by atoms with Crippen LogP contribution in [0.1, 0.15) is 21.7 Å². The van der Waals surface area contributed by atoms with Crippen molar-refractivity contribution in [2.75, 3.05) is 0 Å². The first-order valence-electron chi connectivity index (χ1n) is 4.64. The Balaban J connectivity index is 2.50. The maximum atomic E-state index is 13.7. The zero-order valence-electron chi connectivity index (χ0n) is 8.46. The number of hydrogen-bond acceptors (Lipinski definition) is 2. The van der Waals surface area contributed by atoms with Gasteiger partial charge >= 0.3 is 0 Å². The van der Waals surface area contributed by atoms with E-state index in [1.807, 2.05) is 0 Å². The van der Waals surface area contributed by atoms with Gasteiger partial charge in [-0.15, -0.1) is 0 Å². The van der Waals surface area contributed by atoms with Crippen LogP contribution in [0.15, 0.2) is 39.4 Å². The first-order chi connectivity index (χ1) is 7.61. The fourth-order valence-electron chi connectivity index (χ4n) is 1.41. The molecule has 2 rings (SSSR count).